The summed E-state index contributed by atoms with van der Waals surface area (Å²) in [5, 5.41) is 0. The molecule has 0 amide bonds. The lowest BCUT2D eigenvalue weighted by atomic mass is 9.95. The van der Waals surface area contributed by atoms with Gasteiger partial charge in [0.15, 0.2) is 0 Å². The van der Waals surface area contributed by atoms with E-state index in [9.17, 15) is 4.79 Å². The van der Waals surface area contributed by atoms with Crippen LogP contribution in [0.3, 0.4) is 0 Å². The lowest BCUT2D eigenvalue weighted by Gasteiger charge is -2.10. The summed E-state index contributed by atoms with van der Waals surface area (Å²) in [5.41, 5.74) is 8.43. The number of carbonyl (C=O) groups is 1. The summed E-state index contributed by atoms with van der Waals surface area (Å²) in [6.07, 6.45) is 23.4. The Kier molecular flexibility index (Phi) is 17.5. The fourth-order valence-corrected chi connectivity index (χ4v) is 3.68. The van der Waals surface area contributed by atoms with Gasteiger partial charge in [0, 0.05) is 5.92 Å². The SMILES string of the molecule is CC(=O)C(C=C(C)CCC=C(C)CCC=C(C)C)CC=C(C)CCC=C(C)CCC=C(C)C. The zero-order chi connectivity index (χ0) is 25.2. The maximum absolute atomic E-state index is 12.2. The van der Waals surface area contributed by atoms with Crippen LogP contribution in [0.15, 0.2) is 69.9 Å². The highest BCUT2D eigenvalue weighted by Crippen LogP contribution is 2.18. The van der Waals surface area contributed by atoms with Crippen LogP contribution in [0, 0.1) is 5.92 Å². The fourth-order valence-electron chi connectivity index (χ4n) is 3.68. The van der Waals surface area contributed by atoms with Crippen LogP contribution in [-0.4, -0.2) is 5.78 Å². The molecule has 0 aromatic heterocycles. The molecule has 0 spiro atoms. The highest BCUT2D eigenvalue weighted by Gasteiger charge is 2.10. The van der Waals surface area contributed by atoms with Crippen LogP contribution in [0.4, 0.5) is 0 Å². The predicted molar refractivity (Wildman–Crippen MR) is 150 cm³/mol. The molecule has 0 saturated carbocycles. The van der Waals surface area contributed by atoms with E-state index < -0.39 is 0 Å². The van der Waals surface area contributed by atoms with Gasteiger partial charge in [-0.2, -0.15) is 0 Å². The Bertz CT molecular complexity index is 756. The Labute approximate surface area is 206 Å². The molecule has 33 heavy (non-hydrogen) atoms. The summed E-state index contributed by atoms with van der Waals surface area (Å²) < 4.78 is 0. The number of rotatable bonds is 16. The van der Waals surface area contributed by atoms with Crippen molar-refractivity contribution >= 4 is 5.78 Å². The van der Waals surface area contributed by atoms with Gasteiger partial charge in [-0.1, -0.05) is 69.9 Å². The van der Waals surface area contributed by atoms with Crippen molar-refractivity contribution in [3.63, 3.8) is 0 Å². The molecule has 0 N–H and O–H groups in total. The van der Waals surface area contributed by atoms with Gasteiger partial charge in [-0.25, -0.2) is 0 Å². The maximum Gasteiger partial charge on any atom is 0.136 e. The predicted octanol–water partition coefficient (Wildman–Crippen LogP) is 10.4. The average molecular weight is 453 g/mol. The highest BCUT2D eigenvalue weighted by molar-refractivity contribution is 5.80. The standard InChI is InChI=1S/C32H52O/c1-25(2)14-10-16-27(5)18-12-20-29(7)22-23-32(31(9)33)24-30(8)21-13-19-28(6)17-11-15-26(3)4/h14-15,18-19,22,24,32H,10-13,16-17,20-21,23H2,1-9H3. The van der Waals surface area contributed by atoms with E-state index in [1.54, 1.807) is 6.92 Å². The molecule has 0 saturated heterocycles. The van der Waals surface area contributed by atoms with Gasteiger partial charge in [0.2, 0.25) is 0 Å². The third-order valence-electron chi connectivity index (χ3n) is 5.97. The summed E-state index contributed by atoms with van der Waals surface area (Å²) in [7, 11) is 0. The zero-order valence-corrected chi connectivity index (χ0v) is 23.3. The number of allylic oxidation sites excluding steroid dienone is 12. The second kappa shape index (κ2) is 18.5. The molecule has 1 atom stereocenters. The summed E-state index contributed by atoms with van der Waals surface area (Å²) in [6.45, 7) is 19.2. The molecule has 0 aliphatic rings. The van der Waals surface area contributed by atoms with E-state index >= 15 is 0 Å². The fraction of sp³-hybridized carbons (Fsp3) is 0.594. The van der Waals surface area contributed by atoms with E-state index in [1.807, 2.05) is 0 Å². The Morgan fingerprint density at radius 3 is 1.27 bits per heavy atom. The molecule has 0 aliphatic carbocycles. The third-order valence-corrected chi connectivity index (χ3v) is 5.97. The van der Waals surface area contributed by atoms with Gasteiger partial charge in [-0.05, 0) is 120 Å². The average Bonchev–Trinajstić information content (AvgIpc) is 2.70. The number of hydrogen-bond acceptors (Lipinski definition) is 1. The van der Waals surface area contributed by atoms with Crippen LogP contribution in [0.25, 0.3) is 0 Å². The van der Waals surface area contributed by atoms with Crippen LogP contribution < -0.4 is 0 Å². The van der Waals surface area contributed by atoms with E-state index in [1.165, 1.54) is 33.4 Å². The van der Waals surface area contributed by atoms with Crippen molar-refractivity contribution in [2.75, 3.05) is 0 Å². The van der Waals surface area contributed by atoms with Gasteiger partial charge in [0.1, 0.15) is 5.78 Å². The number of carbonyl (C=O) groups excluding carboxylic acids is 1. The first kappa shape index (κ1) is 31.1. The molecule has 0 aromatic rings. The molecule has 1 unspecified atom stereocenters. The van der Waals surface area contributed by atoms with Gasteiger partial charge in [-0.3, -0.25) is 4.79 Å². The highest BCUT2D eigenvalue weighted by atomic mass is 16.1. The van der Waals surface area contributed by atoms with E-state index in [2.05, 4.69) is 91.8 Å². The number of Topliss-reactive ketones (excluding diaryl/α,β-unsaturated/α-hetero) is 1. The zero-order valence-electron chi connectivity index (χ0n) is 23.3. The van der Waals surface area contributed by atoms with Crippen molar-refractivity contribution in [1.29, 1.82) is 0 Å². The molecule has 0 aromatic carbocycles. The molecule has 0 heterocycles. The summed E-state index contributed by atoms with van der Waals surface area (Å²) in [5.74, 6) is 0.269. The minimum Gasteiger partial charge on any atom is -0.299 e. The van der Waals surface area contributed by atoms with Crippen molar-refractivity contribution < 1.29 is 4.79 Å². The molecular formula is C32H52O. The molecule has 1 heteroatoms. The summed E-state index contributed by atoms with van der Waals surface area (Å²) >= 11 is 0. The topological polar surface area (TPSA) is 17.1 Å². The Balaban J connectivity index is 4.60. The first-order valence-electron chi connectivity index (χ1n) is 12.9. The van der Waals surface area contributed by atoms with Crippen LogP contribution in [0.2, 0.25) is 0 Å². The second-order valence-electron chi connectivity index (χ2n) is 10.3. The quantitative estimate of drug-likeness (QED) is 0.213. The van der Waals surface area contributed by atoms with E-state index in [0.717, 1.165) is 57.8 Å². The molecule has 1 nitrogen and oxygen atoms in total. The van der Waals surface area contributed by atoms with Crippen molar-refractivity contribution in [3.8, 4) is 0 Å². The van der Waals surface area contributed by atoms with Crippen LogP contribution in [0.5, 0.6) is 0 Å². The minimum atomic E-state index is 0.00374. The van der Waals surface area contributed by atoms with Crippen LogP contribution >= 0.6 is 0 Å². The van der Waals surface area contributed by atoms with Crippen molar-refractivity contribution in [2.24, 2.45) is 5.92 Å². The Morgan fingerprint density at radius 1 is 0.515 bits per heavy atom. The van der Waals surface area contributed by atoms with Crippen molar-refractivity contribution in [2.45, 2.75) is 120 Å². The normalized spacial score (nSPS) is 14.2. The third kappa shape index (κ3) is 19.3. The summed E-state index contributed by atoms with van der Waals surface area (Å²) in [4.78, 5) is 12.2. The van der Waals surface area contributed by atoms with Crippen molar-refractivity contribution in [3.05, 3.63) is 69.9 Å². The van der Waals surface area contributed by atoms with Gasteiger partial charge in [0.25, 0.3) is 0 Å². The minimum absolute atomic E-state index is 0.00374. The molecule has 0 aliphatic heterocycles. The van der Waals surface area contributed by atoms with Crippen LogP contribution in [0.1, 0.15) is 120 Å². The van der Waals surface area contributed by atoms with Gasteiger partial charge in [-0.15, -0.1) is 0 Å². The smallest absolute Gasteiger partial charge is 0.136 e. The summed E-state index contributed by atoms with van der Waals surface area (Å²) in [6, 6.07) is 0. The van der Waals surface area contributed by atoms with Gasteiger partial charge >= 0.3 is 0 Å². The van der Waals surface area contributed by atoms with E-state index in [-0.39, 0.29) is 11.7 Å². The lowest BCUT2D eigenvalue weighted by Crippen LogP contribution is -2.07. The molecule has 0 radical (unpaired) electrons. The second-order valence-corrected chi connectivity index (χ2v) is 10.3. The molecule has 0 fully saturated rings. The van der Waals surface area contributed by atoms with E-state index in [4.69, 9.17) is 0 Å². The molecular weight excluding hydrogens is 400 g/mol. The van der Waals surface area contributed by atoms with Gasteiger partial charge in [0.05, 0.1) is 0 Å². The van der Waals surface area contributed by atoms with Gasteiger partial charge < -0.3 is 0 Å². The number of ketones is 1. The Hall–Kier alpha value is -1.89. The molecule has 186 valence electrons. The lowest BCUT2D eigenvalue weighted by molar-refractivity contribution is -0.119. The van der Waals surface area contributed by atoms with E-state index in [0.29, 0.717) is 0 Å². The first-order chi connectivity index (χ1) is 15.5. The molecule has 0 rings (SSSR count). The monoisotopic (exact) mass is 452 g/mol. The van der Waals surface area contributed by atoms with Crippen molar-refractivity contribution in [1.82, 2.24) is 0 Å². The Morgan fingerprint density at radius 2 is 0.879 bits per heavy atom. The largest absolute Gasteiger partial charge is 0.299 e. The number of hydrogen-bond donors (Lipinski definition) is 0. The maximum atomic E-state index is 12.2. The molecule has 0 bridgehead atoms. The van der Waals surface area contributed by atoms with Crippen LogP contribution in [-0.2, 0) is 4.79 Å². The first-order valence-corrected chi connectivity index (χ1v) is 12.9.